The van der Waals surface area contributed by atoms with Gasteiger partial charge in [-0.25, -0.2) is 0 Å². The Morgan fingerprint density at radius 1 is 0.812 bits per heavy atom. The standard InChI is InChI=1S/C16H22/c1-16(2,3)15-13-8-4-6-11(13)10-12-7-5-9-14(12)15/h10H,4-9H2,1-3H3. The van der Waals surface area contributed by atoms with Gasteiger partial charge in [0.25, 0.3) is 0 Å². The minimum atomic E-state index is 0.337. The summed E-state index contributed by atoms with van der Waals surface area (Å²) in [6, 6.07) is 2.53. The molecule has 0 atom stereocenters. The minimum Gasteiger partial charge on any atom is -0.0561 e. The molecule has 0 fully saturated rings. The molecule has 2 aliphatic carbocycles. The monoisotopic (exact) mass is 214 g/mol. The lowest BCUT2D eigenvalue weighted by Gasteiger charge is -2.27. The molecule has 2 aliphatic rings. The van der Waals surface area contributed by atoms with Crippen LogP contribution in [0.3, 0.4) is 0 Å². The topological polar surface area (TPSA) is 0 Å². The lowest BCUT2D eigenvalue weighted by molar-refractivity contribution is 0.577. The second-order valence-corrected chi connectivity index (χ2v) is 6.48. The minimum absolute atomic E-state index is 0.337. The van der Waals surface area contributed by atoms with E-state index in [1.165, 1.54) is 38.5 Å². The second kappa shape index (κ2) is 3.35. The maximum atomic E-state index is 2.53. The van der Waals surface area contributed by atoms with E-state index in [-0.39, 0.29) is 0 Å². The number of rotatable bonds is 0. The van der Waals surface area contributed by atoms with Crippen molar-refractivity contribution < 1.29 is 0 Å². The predicted molar refractivity (Wildman–Crippen MR) is 69.2 cm³/mol. The maximum absolute atomic E-state index is 2.53. The second-order valence-electron chi connectivity index (χ2n) is 6.48. The Bertz CT molecular complexity index is 400. The van der Waals surface area contributed by atoms with Crippen LogP contribution in [0.4, 0.5) is 0 Å². The quantitative estimate of drug-likeness (QED) is 0.613. The van der Waals surface area contributed by atoms with Crippen molar-refractivity contribution >= 4 is 0 Å². The molecule has 0 saturated heterocycles. The average Bonchev–Trinajstić information content (AvgIpc) is 2.77. The van der Waals surface area contributed by atoms with Gasteiger partial charge >= 0.3 is 0 Å². The molecule has 0 nitrogen and oxygen atoms in total. The molecule has 3 rings (SSSR count). The van der Waals surface area contributed by atoms with Crippen LogP contribution in [0.2, 0.25) is 0 Å². The zero-order valence-electron chi connectivity index (χ0n) is 10.8. The Kier molecular flexibility index (Phi) is 2.18. The van der Waals surface area contributed by atoms with Gasteiger partial charge in [-0.3, -0.25) is 0 Å². The predicted octanol–water partition coefficient (Wildman–Crippen LogP) is 3.96. The van der Waals surface area contributed by atoms with Gasteiger partial charge in [-0.15, -0.1) is 0 Å². The fraction of sp³-hybridized carbons (Fsp3) is 0.625. The van der Waals surface area contributed by atoms with Crippen molar-refractivity contribution in [3.63, 3.8) is 0 Å². The van der Waals surface area contributed by atoms with Crippen LogP contribution in [-0.2, 0) is 31.1 Å². The summed E-state index contributed by atoms with van der Waals surface area (Å²) in [5.41, 5.74) is 8.83. The molecule has 0 aliphatic heterocycles. The van der Waals surface area contributed by atoms with Crippen molar-refractivity contribution in [1.82, 2.24) is 0 Å². The van der Waals surface area contributed by atoms with E-state index in [4.69, 9.17) is 0 Å². The third-order valence-electron chi connectivity index (χ3n) is 4.22. The number of hydrogen-bond acceptors (Lipinski definition) is 0. The van der Waals surface area contributed by atoms with E-state index in [0.717, 1.165) is 0 Å². The molecule has 1 aromatic rings. The molecule has 86 valence electrons. The number of fused-ring (bicyclic) bond motifs is 2. The van der Waals surface area contributed by atoms with Crippen LogP contribution in [-0.4, -0.2) is 0 Å². The van der Waals surface area contributed by atoms with Crippen molar-refractivity contribution in [3.8, 4) is 0 Å². The molecule has 0 saturated carbocycles. The Morgan fingerprint density at radius 3 is 1.75 bits per heavy atom. The fourth-order valence-corrected chi connectivity index (χ4v) is 3.72. The van der Waals surface area contributed by atoms with Crippen LogP contribution in [0.15, 0.2) is 6.07 Å². The van der Waals surface area contributed by atoms with E-state index in [2.05, 4.69) is 26.8 Å². The van der Waals surface area contributed by atoms with Gasteiger partial charge in [-0.2, -0.15) is 0 Å². The van der Waals surface area contributed by atoms with Gasteiger partial charge in [0.05, 0.1) is 0 Å². The first-order chi connectivity index (χ1) is 7.57. The van der Waals surface area contributed by atoms with E-state index < -0.39 is 0 Å². The summed E-state index contributed by atoms with van der Waals surface area (Å²) < 4.78 is 0. The smallest absolute Gasteiger partial charge is 0.0126 e. The van der Waals surface area contributed by atoms with Crippen molar-refractivity contribution in [2.75, 3.05) is 0 Å². The van der Waals surface area contributed by atoms with Gasteiger partial charge in [0.2, 0.25) is 0 Å². The number of hydrogen-bond donors (Lipinski definition) is 0. The molecule has 0 aromatic heterocycles. The van der Waals surface area contributed by atoms with Crippen LogP contribution in [0.5, 0.6) is 0 Å². The Balaban J connectivity index is 2.28. The summed E-state index contributed by atoms with van der Waals surface area (Å²) in [6.45, 7) is 7.17. The molecule has 0 amide bonds. The highest BCUT2D eigenvalue weighted by atomic mass is 14.3. The third-order valence-corrected chi connectivity index (χ3v) is 4.22. The van der Waals surface area contributed by atoms with E-state index in [1.54, 1.807) is 27.8 Å². The van der Waals surface area contributed by atoms with Gasteiger partial charge in [0.15, 0.2) is 0 Å². The Morgan fingerprint density at radius 2 is 1.31 bits per heavy atom. The summed E-state index contributed by atoms with van der Waals surface area (Å²) in [5, 5.41) is 0. The SMILES string of the molecule is CC(C)(C)c1c2c(cc3c1CCC3)CCC2. The number of aryl methyl sites for hydroxylation is 2. The summed E-state index contributed by atoms with van der Waals surface area (Å²) in [6.07, 6.45) is 8.06. The lowest BCUT2D eigenvalue weighted by atomic mass is 9.78. The number of benzene rings is 1. The van der Waals surface area contributed by atoms with Crippen molar-refractivity contribution in [2.45, 2.75) is 64.7 Å². The molecule has 1 aromatic carbocycles. The molecule has 0 bridgehead atoms. The first-order valence-corrected chi connectivity index (χ1v) is 6.74. The first kappa shape index (κ1) is 10.4. The van der Waals surface area contributed by atoms with Crippen molar-refractivity contribution in [3.05, 3.63) is 33.9 Å². The molecule has 0 spiro atoms. The van der Waals surface area contributed by atoms with Gasteiger partial charge in [-0.1, -0.05) is 26.8 Å². The Hall–Kier alpha value is -0.780. The van der Waals surface area contributed by atoms with Gasteiger partial charge in [-0.05, 0) is 71.8 Å². The van der Waals surface area contributed by atoms with E-state index in [0.29, 0.717) is 5.41 Å². The summed E-state index contributed by atoms with van der Waals surface area (Å²) in [5.74, 6) is 0. The van der Waals surface area contributed by atoms with Crippen LogP contribution < -0.4 is 0 Å². The summed E-state index contributed by atoms with van der Waals surface area (Å²) in [4.78, 5) is 0. The van der Waals surface area contributed by atoms with E-state index >= 15 is 0 Å². The van der Waals surface area contributed by atoms with E-state index in [1.807, 2.05) is 0 Å². The van der Waals surface area contributed by atoms with Crippen LogP contribution in [0.25, 0.3) is 0 Å². The molecule has 0 heterocycles. The highest BCUT2D eigenvalue weighted by molar-refractivity contribution is 5.52. The molecule has 16 heavy (non-hydrogen) atoms. The Labute approximate surface area is 99.1 Å². The lowest BCUT2D eigenvalue weighted by Crippen LogP contribution is -2.17. The molecule has 0 N–H and O–H groups in total. The van der Waals surface area contributed by atoms with Crippen LogP contribution in [0.1, 0.15) is 61.4 Å². The molecule has 0 heteroatoms. The summed E-state index contributed by atoms with van der Waals surface area (Å²) >= 11 is 0. The normalized spacial score (nSPS) is 18.7. The van der Waals surface area contributed by atoms with Gasteiger partial charge in [0, 0.05) is 0 Å². The maximum Gasteiger partial charge on any atom is -0.0126 e. The first-order valence-electron chi connectivity index (χ1n) is 6.74. The third kappa shape index (κ3) is 1.43. The van der Waals surface area contributed by atoms with Gasteiger partial charge < -0.3 is 0 Å². The average molecular weight is 214 g/mol. The van der Waals surface area contributed by atoms with Crippen molar-refractivity contribution in [2.24, 2.45) is 0 Å². The zero-order chi connectivity index (χ0) is 11.3. The molecule has 0 radical (unpaired) electrons. The van der Waals surface area contributed by atoms with Crippen molar-refractivity contribution in [1.29, 1.82) is 0 Å². The van der Waals surface area contributed by atoms with Crippen LogP contribution in [0, 0.1) is 0 Å². The molecular formula is C16H22. The highest BCUT2D eigenvalue weighted by Gasteiger charge is 2.29. The zero-order valence-corrected chi connectivity index (χ0v) is 10.8. The highest BCUT2D eigenvalue weighted by Crippen LogP contribution is 2.40. The molecule has 0 unspecified atom stereocenters. The summed E-state index contributed by atoms with van der Waals surface area (Å²) in [7, 11) is 0. The van der Waals surface area contributed by atoms with Crippen LogP contribution >= 0.6 is 0 Å². The van der Waals surface area contributed by atoms with E-state index in [9.17, 15) is 0 Å². The largest absolute Gasteiger partial charge is 0.0561 e. The molecular weight excluding hydrogens is 192 g/mol. The van der Waals surface area contributed by atoms with Gasteiger partial charge in [0.1, 0.15) is 0 Å². The fourth-order valence-electron chi connectivity index (χ4n) is 3.72.